The van der Waals surface area contributed by atoms with Gasteiger partial charge in [-0.2, -0.15) is 0 Å². The third kappa shape index (κ3) is 3.64. The van der Waals surface area contributed by atoms with Crippen LogP contribution in [0.2, 0.25) is 0 Å². The predicted molar refractivity (Wildman–Crippen MR) is 73.7 cm³/mol. The van der Waals surface area contributed by atoms with Crippen LogP contribution in [-0.4, -0.2) is 52.1 Å². The largest absolute Gasteiger partial charge is 0.395 e. The first-order valence-electron chi connectivity index (χ1n) is 6.33. The first-order chi connectivity index (χ1) is 9.54. The van der Waals surface area contributed by atoms with Gasteiger partial charge >= 0.3 is 0 Å². The van der Waals surface area contributed by atoms with Crippen LogP contribution >= 0.6 is 0 Å². The molecular formula is C12H18N4O4. The zero-order chi connectivity index (χ0) is 15.1. The molecule has 0 spiro atoms. The summed E-state index contributed by atoms with van der Waals surface area (Å²) in [6, 6.07) is 1.20. The van der Waals surface area contributed by atoms with Gasteiger partial charge in [0.05, 0.1) is 17.1 Å². The number of hydrogen-bond acceptors (Lipinski definition) is 6. The molecule has 1 amide bonds. The summed E-state index contributed by atoms with van der Waals surface area (Å²) in [7, 11) is 0. The highest BCUT2D eigenvalue weighted by molar-refractivity contribution is 5.99. The molecule has 1 aromatic rings. The molecule has 1 heterocycles. The molecular weight excluding hydrogens is 264 g/mol. The second-order valence-corrected chi connectivity index (χ2v) is 3.99. The van der Waals surface area contributed by atoms with Crippen molar-refractivity contribution in [2.75, 3.05) is 31.6 Å². The average Bonchev–Trinajstić information content (AvgIpc) is 2.44. The number of nitrogens with zero attached hydrogens (tertiary/aromatic N) is 3. The number of anilines is 1. The van der Waals surface area contributed by atoms with Gasteiger partial charge in [-0.25, -0.2) is 4.98 Å². The molecule has 0 aliphatic heterocycles. The minimum Gasteiger partial charge on any atom is -0.395 e. The number of aliphatic hydroxyl groups is 1. The number of likely N-dealkylation sites (N-methyl/N-ethyl adjacent to an activating group) is 1. The third-order valence-electron chi connectivity index (χ3n) is 2.70. The zero-order valence-corrected chi connectivity index (χ0v) is 11.5. The van der Waals surface area contributed by atoms with Crippen molar-refractivity contribution in [3.63, 3.8) is 0 Å². The van der Waals surface area contributed by atoms with Gasteiger partial charge in [0, 0.05) is 25.7 Å². The number of carbonyl (C=O) groups excluding carboxylic acids is 1. The molecule has 8 nitrogen and oxygen atoms in total. The normalized spacial score (nSPS) is 10.2. The fraction of sp³-hybridized carbons (Fsp3) is 0.500. The van der Waals surface area contributed by atoms with Crippen molar-refractivity contribution >= 4 is 17.4 Å². The van der Waals surface area contributed by atoms with Gasteiger partial charge in [-0.15, -0.1) is 0 Å². The minimum atomic E-state index is -0.595. The van der Waals surface area contributed by atoms with E-state index in [0.29, 0.717) is 18.9 Å². The Labute approximate surface area is 116 Å². The number of pyridine rings is 1. The highest BCUT2D eigenvalue weighted by Crippen LogP contribution is 2.20. The summed E-state index contributed by atoms with van der Waals surface area (Å²) in [6.07, 6.45) is 1.11. The number of aliphatic hydroxyl groups excluding tert-OH is 1. The van der Waals surface area contributed by atoms with Gasteiger partial charge in [0.1, 0.15) is 12.0 Å². The Kier molecular flexibility index (Phi) is 5.85. The summed E-state index contributed by atoms with van der Waals surface area (Å²) in [6.45, 7) is 4.54. The van der Waals surface area contributed by atoms with E-state index in [4.69, 9.17) is 5.11 Å². The highest BCUT2D eigenvalue weighted by Gasteiger charge is 2.21. The Balaban J connectivity index is 3.19. The van der Waals surface area contributed by atoms with Crippen LogP contribution in [0.3, 0.4) is 0 Å². The summed E-state index contributed by atoms with van der Waals surface area (Å²) in [5, 5.41) is 22.6. The SMILES string of the molecule is CCNc1ncc([N+](=O)[O-])cc1C(=O)N(CC)CCO. The second kappa shape index (κ2) is 7.39. The number of carbonyl (C=O) groups is 1. The molecule has 110 valence electrons. The molecule has 0 saturated heterocycles. The van der Waals surface area contributed by atoms with Crippen LogP contribution in [0.4, 0.5) is 11.5 Å². The maximum Gasteiger partial charge on any atom is 0.288 e. The van der Waals surface area contributed by atoms with Crippen LogP contribution in [0.25, 0.3) is 0 Å². The molecule has 2 N–H and O–H groups in total. The molecule has 0 saturated carbocycles. The third-order valence-corrected chi connectivity index (χ3v) is 2.70. The molecule has 1 aromatic heterocycles. The Morgan fingerprint density at radius 1 is 1.55 bits per heavy atom. The topological polar surface area (TPSA) is 109 Å². The van der Waals surface area contributed by atoms with E-state index in [0.717, 1.165) is 6.20 Å². The monoisotopic (exact) mass is 282 g/mol. The van der Waals surface area contributed by atoms with Crippen molar-refractivity contribution < 1.29 is 14.8 Å². The molecule has 0 fully saturated rings. The van der Waals surface area contributed by atoms with E-state index in [-0.39, 0.29) is 24.4 Å². The minimum absolute atomic E-state index is 0.136. The molecule has 0 aliphatic rings. The first-order valence-corrected chi connectivity index (χ1v) is 6.33. The summed E-state index contributed by atoms with van der Waals surface area (Å²) in [4.78, 5) is 27.9. The van der Waals surface area contributed by atoms with Crippen molar-refractivity contribution in [1.82, 2.24) is 9.88 Å². The van der Waals surface area contributed by atoms with E-state index < -0.39 is 10.8 Å². The van der Waals surface area contributed by atoms with E-state index in [1.165, 1.54) is 11.0 Å². The van der Waals surface area contributed by atoms with E-state index >= 15 is 0 Å². The van der Waals surface area contributed by atoms with E-state index in [1.807, 2.05) is 6.92 Å². The van der Waals surface area contributed by atoms with Gasteiger partial charge in [-0.05, 0) is 13.8 Å². The molecule has 8 heteroatoms. The highest BCUT2D eigenvalue weighted by atomic mass is 16.6. The lowest BCUT2D eigenvalue weighted by Gasteiger charge is -2.20. The molecule has 20 heavy (non-hydrogen) atoms. The van der Waals surface area contributed by atoms with Gasteiger partial charge < -0.3 is 15.3 Å². The molecule has 0 aliphatic carbocycles. The Hall–Kier alpha value is -2.22. The summed E-state index contributed by atoms with van der Waals surface area (Å²) < 4.78 is 0. The summed E-state index contributed by atoms with van der Waals surface area (Å²) >= 11 is 0. The van der Waals surface area contributed by atoms with Gasteiger partial charge in [-0.1, -0.05) is 0 Å². The molecule has 1 rings (SSSR count). The number of nitro groups is 1. The lowest BCUT2D eigenvalue weighted by atomic mass is 10.2. The smallest absolute Gasteiger partial charge is 0.288 e. The standard InChI is InChI=1S/C12H18N4O4/c1-3-13-11-10(7-9(8-14-11)16(19)20)12(18)15(4-2)5-6-17/h7-8,17H,3-6H2,1-2H3,(H,13,14). The lowest BCUT2D eigenvalue weighted by molar-refractivity contribution is -0.385. The first kappa shape index (κ1) is 15.8. The second-order valence-electron chi connectivity index (χ2n) is 3.99. The predicted octanol–water partition coefficient (Wildman–Crippen LogP) is 0.876. The van der Waals surface area contributed by atoms with Crippen LogP contribution < -0.4 is 5.32 Å². The number of aromatic nitrogens is 1. The zero-order valence-electron chi connectivity index (χ0n) is 11.5. The average molecular weight is 282 g/mol. The van der Waals surface area contributed by atoms with Crippen molar-refractivity contribution in [2.24, 2.45) is 0 Å². The van der Waals surface area contributed by atoms with Crippen molar-refractivity contribution in [1.29, 1.82) is 0 Å². The van der Waals surface area contributed by atoms with Crippen LogP contribution in [0.1, 0.15) is 24.2 Å². The maximum absolute atomic E-state index is 12.3. The van der Waals surface area contributed by atoms with Gasteiger partial charge in [-0.3, -0.25) is 14.9 Å². The van der Waals surface area contributed by atoms with Crippen molar-refractivity contribution in [3.8, 4) is 0 Å². The number of rotatable bonds is 7. The number of nitrogens with one attached hydrogen (secondary N) is 1. The van der Waals surface area contributed by atoms with Gasteiger partial charge in [0.2, 0.25) is 0 Å². The van der Waals surface area contributed by atoms with Gasteiger partial charge in [0.25, 0.3) is 11.6 Å². The fourth-order valence-electron chi connectivity index (χ4n) is 1.72. The van der Waals surface area contributed by atoms with E-state index in [1.54, 1.807) is 6.92 Å². The Morgan fingerprint density at radius 3 is 2.75 bits per heavy atom. The number of hydrogen-bond donors (Lipinski definition) is 2. The van der Waals surface area contributed by atoms with Crippen molar-refractivity contribution in [3.05, 3.63) is 27.9 Å². The lowest BCUT2D eigenvalue weighted by Crippen LogP contribution is -2.34. The van der Waals surface area contributed by atoms with E-state index in [2.05, 4.69) is 10.3 Å². The fourth-order valence-corrected chi connectivity index (χ4v) is 1.72. The van der Waals surface area contributed by atoms with Crippen LogP contribution in [0.5, 0.6) is 0 Å². The Bertz CT molecular complexity index is 492. The van der Waals surface area contributed by atoms with Crippen LogP contribution in [0, 0.1) is 10.1 Å². The van der Waals surface area contributed by atoms with Crippen molar-refractivity contribution in [2.45, 2.75) is 13.8 Å². The van der Waals surface area contributed by atoms with Crippen LogP contribution in [-0.2, 0) is 0 Å². The van der Waals surface area contributed by atoms with Crippen LogP contribution in [0.15, 0.2) is 12.3 Å². The van der Waals surface area contributed by atoms with E-state index in [9.17, 15) is 14.9 Å². The Morgan fingerprint density at radius 2 is 2.25 bits per heavy atom. The molecule has 0 aromatic carbocycles. The van der Waals surface area contributed by atoms with Gasteiger partial charge in [0.15, 0.2) is 0 Å². The number of amides is 1. The summed E-state index contributed by atoms with van der Waals surface area (Å²) in [5.74, 6) is -0.0896. The molecule has 0 radical (unpaired) electrons. The quantitative estimate of drug-likeness (QED) is 0.567. The molecule has 0 bridgehead atoms. The molecule has 0 atom stereocenters. The maximum atomic E-state index is 12.3. The molecule has 0 unspecified atom stereocenters. The summed E-state index contributed by atoms with van der Waals surface area (Å²) in [5.41, 5.74) is -0.105.